The highest BCUT2D eigenvalue weighted by Crippen LogP contribution is 2.27. The van der Waals surface area contributed by atoms with Crippen LogP contribution in [0.1, 0.15) is 12.8 Å². The largest absolute Gasteiger partial charge is 0.506 e. The number of halogens is 2. The minimum absolute atomic E-state index is 0. The molecule has 0 atom stereocenters. The summed E-state index contributed by atoms with van der Waals surface area (Å²) in [6.07, 6.45) is -0.276. The fraction of sp³-hybridized carbons (Fsp3) is 0.417. The summed E-state index contributed by atoms with van der Waals surface area (Å²) in [5.41, 5.74) is 6.94. The third-order valence-corrected chi connectivity index (χ3v) is 3.04. The molecule has 1 saturated heterocycles. The number of nitrogen functional groups attached to an aromatic ring is 1. The Balaban J connectivity index is 0.00000180. The van der Waals surface area contributed by atoms with Crippen molar-refractivity contribution in [2.45, 2.75) is 18.9 Å². The van der Waals surface area contributed by atoms with Crippen molar-refractivity contribution in [2.24, 2.45) is 0 Å². The van der Waals surface area contributed by atoms with Gasteiger partial charge in [-0.1, -0.05) is 0 Å². The molecule has 0 aromatic heterocycles. The van der Waals surface area contributed by atoms with Crippen LogP contribution in [0.2, 0.25) is 0 Å². The summed E-state index contributed by atoms with van der Waals surface area (Å²) >= 11 is 0. The Kier molecular flexibility index (Phi) is 5.23. The summed E-state index contributed by atoms with van der Waals surface area (Å²) in [4.78, 5) is 12.4. The van der Waals surface area contributed by atoms with Crippen LogP contribution < -0.4 is 10.6 Å². The second kappa shape index (κ2) is 6.47. The summed E-state index contributed by atoms with van der Waals surface area (Å²) in [5.74, 6) is -0.361. The summed E-state index contributed by atoms with van der Waals surface area (Å²) < 4.78 is 17.7. The Morgan fingerprint density at radius 1 is 1.42 bits per heavy atom. The molecule has 19 heavy (non-hydrogen) atoms. The Hall–Kier alpha value is -1.69. The molecule has 2 rings (SSSR count). The first kappa shape index (κ1) is 15.4. The molecule has 0 aliphatic carbocycles. The van der Waals surface area contributed by atoms with E-state index < -0.39 is 6.16 Å². The minimum atomic E-state index is -1.24. The molecule has 1 aliphatic heterocycles. The molecule has 3 N–H and O–H groups in total. The molecule has 1 aromatic rings. The van der Waals surface area contributed by atoms with Gasteiger partial charge in [0.05, 0.1) is 11.4 Å². The quantitative estimate of drug-likeness (QED) is 0.646. The molecule has 106 valence electrons. The molecule has 0 spiro atoms. The van der Waals surface area contributed by atoms with Gasteiger partial charge in [0.2, 0.25) is 0 Å². The van der Waals surface area contributed by atoms with Gasteiger partial charge < -0.3 is 20.5 Å². The lowest BCUT2D eigenvalue weighted by Crippen LogP contribution is -2.38. The van der Waals surface area contributed by atoms with Crippen molar-refractivity contribution in [3.63, 3.8) is 0 Å². The van der Waals surface area contributed by atoms with E-state index in [1.165, 1.54) is 12.1 Å². The first-order chi connectivity index (χ1) is 8.56. The maximum absolute atomic E-state index is 12.9. The lowest BCUT2D eigenvalue weighted by atomic mass is 10.1. The van der Waals surface area contributed by atoms with Gasteiger partial charge in [0.15, 0.2) is 0 Å². The van der Waals surface area contributed by atoms with Crippen molar-refractivity contribution in [3.8, 4) is 0 Å². The minimum Gasteiger partial charge on any atom is -0.450 e. The van der Waals surface area contributed by atoms with Crippen LogP contribution in [-0.4, -0.2) is 30.5 Å². The predicted octanol–water partition coefficient (Wildman–Crippen LogP) is 2.49. The average molecular weight is 291 g/mol. The van der Waals surface area contributed by atoms with Crippen molar-refractivity contribution in [3.05, 3.63) is 24.0 Å². The van der Waals surface area contributed by atoms with Crippen LogP contribution in [0.15, 0.2) is 18.2 Å². The van der Waals surface area contributed by atoms with Crippen LogP contribution in [0.5, 0.6) is 0 Å². The maximum Gasteiger partial charge on any atom is 0.506 e. The second-order valence-electron chi connectivity index (χ2n) is 4.27. The van der Waals surface area contributed by atoms with Crippen LogP contribution in [0.4, 0.5) is 20.6 Å². The standard InChI is InChI=1S/C12H15FN2O3.ClH/c13-8-1-2-11(10(14)7-8)15-5-3-9(4-6-15)18-12(16)17;/h1-2,7,9H,3-6,14H2,(H,16,17);1H. The number of nitrogens with zero attached hydrogens (tertiary/aromatic N) is 1. The molecule has 0 amide bonds. The topological polar surface area (TPSA) is 75.8 Å². The monoisotopic (exact) mass is 290 g/mol. The molecule has 0 radical (unpaired) electrons. The zero-order valence-electron chi connectivity index (χ0n) is 10.2. The number of ether oxygens (including phenoxy) is 1. The second-order valence-corrected chi connectivity index (χ2v) is 4.27. The van der Waals surface area contributed by atoms with E-state index in [9.17, 15) is 9.18 Å². The van der Waals surface area contributed by atoms with Crippen molar-refractivity contribution in [1.82, 2.24) is 0 Å². The zero-order chi connectivity index (χ0) is 13.1. The Labute approximate surface area is 116 Å². The van der Waals surface area contributed by atoms with Crippen LogP contribution in [0.25, 0.3) is 0 Å². The van der Waals surface area contributed by atoms with Gasteiger partial charge >= 0.3 is 6.16 Å². The van der Waals surface area contributed by atoms with Crippen molar-refractivity contribution >= 4 is 29.9 Å². The van der Waals surface area contributed by atoms with Gasteiger partial charge in [0.1, 0.15) is 11.9 Å². The summed E-state index contributed by atoms with van der Waals surface area (Å²) in [6, 6.07) is 4.30. The number of hydrogen-bond donors (Lipinski definition) is 2. The number of piperidine rings is 1. The van der Waals surface area contributed by atoms with Gasteiger partial charge in [0.25, 0.3) is 0 Å². The molecule has 1 heterocycles. The molecule has 5 nitrogen and oxygen atoms in total. The van der Waals surface area contributed by atoms with Gasteiger partial charge in [-0.3, -0.25) is 0 Å². The fourth-order valence-corrected chi connectivity index (χ4v) is 2.17. The van der Waals surface area contributed by atoms with Crippen LogP contribution in [0, 0.1) is 5.82 Å². The van der Waals surface area contributed by atoms with Crippen molar-refractivity contribution in [2.75, 3.05) is 23.7 Å². The van der Waals surface area contributed by atoms with Gasteiger partial charge in [-0.2, -0.15) is 0 Å². The highest BCUT2D eigenvalue weighted by molar-refractivity contribution is 5.85. The lowest BCUT2D eigenvalue weighted by Gasteiger charge is -2.33. The van der Waals surface area contributed by atoms with Crippen LogP contribution in [-0.2, 0) is 4.74 Å². The zero-order valence-corrected chi connectivity index (χ0v) is 11.0. The van der Waals surface area contributed by atoms with E-state index in [0.29, 0.717) is 31.6 Å². The van der Waals surface area contributed by atoms with E-state index in [1.54, 1.807) is 6.07 Å². The van der Waals surface area contributed by atoms with Crippen molar-refractivity contribution in [1.29, 1.82) is 0 Å². The molecule has 7 heteroatoms. The number of rotatable bonds is 2. The summed E-state index contributed by atoms with van der Waals surface area (Å²) in [5, 5.41) is 8.53. The first-order valence-corrected chi connectivity index (χ1v) is 5.76. The normalized spacial score (nSPS) is 15.7. The Morgan fingerprint density at radius 2 is 2.05 bits per heavy atom. The number of benzene rings is 1. The number of carboxylic acid groups (broad SMARTS) is 1. The third-order valence-electron chi connectivity index (χ3n) is 3.04. The Bertz CT molecular complexity index is 451. The maximum atomic E-state index is 12.9. The molecule has 0 unspecified atom stereocenters. The lowest BCUT2D eigenvalue weighted by molar-refractivity contribution is 0.0416. The summed E-state index contributed by atoms with van der Waals surface area (Å²) in [6.45, 7) is 1.29. The number of carbonyl (C=O) groups is 1. The molecule has 0 bridgehead atoms. The van der Waals surface area contributed by atoms with E-state index >= 15 is 0 Å². The number of anilines is 2. The summed E-state index contributed by atoms with van der Waals surface area (Å²) in [7, 11) is 0. The number of nitrogens with two attached hydrogens (primary N) is 1. The van der Waals surface area contributed by atoms with E-state index in [-0.39, 0.29) is 24.3 Å². The fourth-order valence-electron chi connectivity index (χ4n) is 2.17. The molecule has 1 aromatic carbocycles. The molecular weight excluding hydrogens is 275 g/mol. The molecule has 0 saturated carbocycles. The highest BCUT2D eigenvalue weighted by atomic mass is 35.5. The first-order valence-electron chi connectivity index (χ1n) is 5.76. The van der Waals surface area contributed by atoms with Crippen LogP contribution in [0.3, 0.4) is 0 Å². The molecule has 1 aliphatic rings. The predicted molar refractivity (Wildman–Crippen MR) is 72.4 cm³/mol. The molecule has 1 fully saturated rings. The Morgan fingerprint density at radius 3 is 2.58 bits per heavy atom. The van der Waals surface area contributed by atoms with Crippen LogP contribution >= 0.6 is 12.4 Å². The van der Waals surface area contributed by atoms with E-state index in [1.807, 2.05) is 4.90 Å². The van der Waals surface area contributed by atoms with Gasteiger partial charge in [0, 0.05) is 25.9 Å². The van der Waals surface area contributed by atoms with Gasteiger partial charge in [-0.05, 0) is 18.2 Å². The van der Waals surface area contributed by atoms with Gasteiger partial charge in [-0.15, -0.1) is 12.4 Å². The SMILES string of the molecule is Cl.Nc1cc(F)ccc1N1CCC(OC(=O)O)CC1. The van der Waals surface area contributed by atoms with Crippen molar-refractivity contribution < 1.29 is 19.0 Å². The van der Waals surface area contributed by atoms with E-state index in [4.69, 9.17) is 15.6 Å². The average Bonchev–Trinajstić information content (AvgIpc) is 2.30. The number of hydrogen-bond acceptors (Lipinski definition) is 4. The third kappa shape index (κ3) is 3.89. The van der Waals surface area contributed by atoms with E-state index in [2.05, 4.69) is 0 Å². The van der Waals surface area contributed by atoms with Gasteiger partial charge in [-0.25, -0.2) is 9.18 Å². The molecular formula is C12H16ClFN2O3. The van der Waals surface area contributed by atoms with E-state index in [0.717, 1.165) is 5.69 Å². The smallest absolute Gasteiger partial charge is 0.450 e. The highest BCUT2D eigenvalue weighted by Gasteiger charge is 2.23.